The maximum Gasteiger partial charge on any atom is 0.254 e. The zero-order valence-electron chi connectivity index (χ0n) is 13.6. The molecule has 1 aromatic heterocycles. The molecule has 0 atom stereocenters. The number of amides is 1. The third kappa shape index (κ3) is 5.60. The summed E-state index contributed by atoms with van der Waals surface area (Å²) in [5, 5.41) is 6.24. The molecule has 6 nitrogen and oxygen atoms in total. The van der Waals surface area contributed by atoms with Gasteiger partial charge < -0.3 is 15.5 Å². The zero-order chi connectivity index (χ0) is 15.8. The molecule has 1 heterocycles. The van der Waals surface area contributed by atoms with E-state index in [1.165, 1.54) is 38.5 Å². The van der Waals surface area contributed by atoms with Gasteiger partial charge in [0.15, 0.2) is 0 Å². The van der Waals surface area contributed by atoms with E-state index in [-0.39, 0.29) is 5.91 Å². The standard InChI is InChI=1S/C16H27N5O/c1-21(2)10-9-17-15(22)13-11-18-16(19-12-13)20-14-7-5-3-4-6-8-14/h11-12,14H,3-10H2,1-2H3,(H,17,22)(H,18,19,20). The van der Waals surface area contributed by atoms with E-state index < -0.39 is 0 Å². The second-order valence-electron chi connectivity index (χ2n) is 6.19. The second kappa shape index (κ2) is 8.68. The van der Waals surface area contributed by atoms with Crippen molar-refractivity contribution in [2.24, 2.45) is 0 Å². The normalized spacial score (nSPS) is 16.3. The summed E-state index contributed by atoms with van der Waals surface area (Å²) in [4.78, 5) is 22.5. The number of aromatic nitrogens is 2. The largest absolute Gasteiger partial charge is 0.351 e. The van der Waals surface area contributed by atoms with Crippen LogP contribution in [0, 0.1) is 0 Å². The van der Waals surface area contributed by atoms with E-state index in [1.54, 1.807) is 12.4 Å². The SMILES string of the molecule is CN(C)CCNC(=O)c1cnc(NC2CCCCCC2)nc1. The first-order valence-corrected chi connectivity index (χ1v) is 8.16. The average Bonchev–Trinajstić information content (AvgIpc) is 2.76. The third-order valence-electron chi connectivity index (χ3n) is 3.95. The van der Waals surface area contributed by atoms with E-state index in [0.29, 0.717) is 24.1 Å². The molecule has 0 saturated heterocycles. The Labute approximate surface area is 132 Å². The van der Waals surface area contributed by atoms with Gasteiger partial charge in [0.05, 0.1) is 5.56 Å². The summed E-state index contributed by atoms with van der Waals surface area (Å²) >= 11 is 0. The van der Waals surface area contributed by atoms with Crippen molar-refractivity contribution >= 4 is 11.9 Å². The fourth-order valence-corrected chi connectivity index (χ4v) is 2.62. The third-order valence-corrected chi connectivity index (χ3v) is 3.95. The van der Waals surface area contributed by atoms with Crippen LogP contribution in [0.25, 0.3) is 0 Å². The molecule has 122 valence electrons. The summed E-state index contributed by atoms with van der Waals surface area (Å²) in [5.74, 6) is 0.500. The number of nitrogens with one attached hydrogen (secondary N) is 2. The number of hydrogen-bond acceptors (Lipinski definition) is 5. The van der Waals surface area contributed by atoms with Gasteiger partial charge in [-0.3, -0.25) is 4.79 Å². The molecule has 1 aliphatic rings. The van der Waals surface area contributed by atoms with Crippen molar-refractivity contribution in [2.45, 2.75) is 44.6 Å². The minimum Gasteiger partial charge on any atom is -0.351 e. The summed E-state index contributed by atoms with van der Waals surface area (Å²) < 4.78 is 0. The summed E-state index contributed by atoms with van der Waals surface area (Å²) in [7, 11) is 3.95. The monoisotopic (exact) mass is 305 g/mol. The van der Waals surface area contributed by atoms with Crippen molar-refractivity contribution in [1.29, 1.82) is 0 Å². The van der Waals surface area contributed by atoms with Crippen molar-refractivity contribution in [3.05, 3.63) is 18.0 Å². The van der Waals surface area contributed by atoms with Crippen LogP contribution in [0.4, 0.5) is 5.95 Å². The van der Waals surface area contributed by atoms with Crippen LogP contribution in [0.2, 0.25) is 0 Å². The van der Waals surface area contributed by atoms with Gasteiger partial charge in [-0.1, -0.05) is 25.7 Å². The molecule has 0 aliphatic heterocycles. The number of nitrogens with zero attached hydrogens (tertiary/aromatic N) is 3. The molecule has 1 saturated carbocycles. The first-order chi connectivity index (χ1) is 10.6. The molecule has 0 spiro atoms. The zero-order valence-corrected chi connectivity index (χ0v) is 13.6. The molecule has 0 aromatic carbocycles. The Bertz CT molecular complexity index is 452. The van der Waals surface area contributed by atoms with Crippen LogP contribution in [-0.4, -0.2) is 54.0 Å². The molecule has 1 amide bonds. The van der Waals surface area contributed by atoms with Crippen molar-refractivity contribution in [3.8, 4) is 0 Å². The number of rotatable bonds is 6. The van der Waals surface area contributed by atoms with Crippen molar-refractivity contribution in [3.63, 3.8) is 0 Å². The molecule has 0 radical (unpaired) electrons. The van der Waals surface area contributed by atoms with Gasteiger partial charge in [-0.05, 0) is 26.9 Å². The maximum absolute atomic E-state index is 11.9. The van der Waals surface area contributed by atoms with Gasteiger partial charge in [0, 0.05) is 31.5 Å². The molecule has 22 heavy (non-hydrogen) atoms. The van der Waals surface area contributed by atoms with Crippen molar-refractivity contribution in [1.82, 2.24) is 20.2 Å². The molecule has 1 aromatic rings. The van der Waals surface area contributed by atoms with E-state index in [9.17, 15) is 4.79 Å². The van der Waals surface area contributed by atoms with Gasteiger partial charge in [0.1, 0.15) is 0 Å². The Balaban J connectivity index is 1.82. The highest BCUT2D eigenvalue weighted by Gasteiger charge is 2.13. The van der Waals surface area contributed by atoms with Crippen LogP contribution in [0.3, 0.4) is 0 Å². The fraction of sp³-hybridized carbons (Fsp3) is 0.688. The molecule has 6 heteroatoms. The molecule has 1 aliphatic carbocycles. The highest BCUT2D eigenvalue weighted by Crippen LogP contribution is 2.19. The van der Waals surface area contributed by atoms with Gasteiger partial charge in [-0.2, -0.15) is 0 Å². The van der Waals surface area contributed by atoms with Crippen LogP contribution >= 0.6 is 0 Å². The molecule has 2 rings (SSSR count). The van der Waals surface area contributed by atoms with Gasteiger partial charge in [-0.15, -0.1) is 0 Å². The van der Waals surface area contributed by atoms with E-state index in [0.717, 1.165) is 6.54 Å². The molecular weight excluding hydrogens is 278 g/mol. The lowest BCUT2D eigenvalue weighted by molar-refractivity contribution is 0.0950. The fourth-order valence-electron chi connectivity index (χ4n) is 2.62. The number of hydrogen-bond donors (Lipinski definition) is 2. The molecule has 1 fully saturated rings. The summed E-state index contributed by atoms with van der Waals surface area (Å²) in [6, 6.07) is 0.460. The lowest BCUT2D eigenvalue weighted by Gasteiger charge is -2.16. The van der Waals surface area contributed by atoms with Crippen molar-refractivity contribution < 1.29 is 4.79 Å². The summed E-state index contributed by atoms with van der Waals surface area (Å²) in [6.07, 6.45) is 10.7. The number of anilines is 1. The first kappa shape index (κ1) is 16.7. The van der Waals surface area contributed by atoms with Crippen LogP contribution in [0.1, 0.15) is 48.9 Å². The lowest BCUT2D eigenvalue weighted by atomic mass is 10.1. The Morgan fingerprint density at radius 2 is 1.82 bits per heavy atom. The Morgan fingerprint density at radius 3 is 2.41 bits per heavy atom. The van der Waals surface area contributed by atoms with Crippen LogP contribution in [0.15, 0.2) is 12.4 Å². The van der Waals surface area contributed by atoms with Crippen molar-refractivity contribution in [2.75, 3.05) is 32.5 Å². The molecule has 2 N–H and O–H groups in total. The predicted molar refractivity (Wildman–Crippen MR) is 88.0 cm³/mol. The Morgan fingerprint density at radius 1 is 1.18 bits per heavy atom. The van der Waals surface area contributed by atoms with E-state index in [4.69, 9.17) is 0 Å². The highest BCUT2D eigenvalue weighted by atomic mass is 16.1. The van der Waals surface area contributed by atoms with Crippen LogP contribution in [-0.2, 0) is 0 Å². The van der Waals surface area contributed by atoms with E-state index in [2.05, 4.69) is 20.6 Å². The summed E-state index contributed by atoms with van der Waals surface area (Å²) in [5.41, 5.74) is 0.505. The molecule has 0 bridgehead atoms. The van der Waals surface area contributed by atoms with E-state index >= 15 is 0 Å². The summed E-state index contributed by atoms with van der Waals surface area (Å²) in [6.45, 7) is 1.43. The topological polar surface area (TPSA) is 70.2 Å². The van der Waals surface area contributed by atoms with E-state index in [1.807, 2.05) is 19.0 Å². The minimum atomic E-state index is -0.122. The quantitative estimate of drug-likeness (QED) is 0.786. The van der Waals surface area contributed by atoms with Gasteiger partial charge in [-0.25, -0.2) is 9.97 Å². The Kier molecular flexibility index (Phi) is 6.58. The Hall–Kier alpha value is -1.69. The first-order valence-electron chi connectivity index (χ1n) is 8.16. The van der Waals surface area contributed by atoms with Crippen LogP contribution < -0.4 is 10.6 Å². The number of likely N-dealkylation sites (N-methyl/N-ethyl adjacent to an activating group) is 1. The lowest BCUT2D eigenvalue weighted by Crippen LogP contribution is -2.31. The number of carbonyl (C=O) groups is 1. The highest BCUT2D eigenvalue weighted by molar-refractivity contribution is 5.93. The minimum absolute atomic E-state index is 0.122. The predicted octanol–water partition coefficient (Wildman–Crippen LogP) is 1.90. The maximum atomic E-state index is 11.9. The van der Waals surface area contributed by atoms with Gasteiger partial charge in [0.25, 0.3) is 5.91 Å². The average molecular weight is 305 g/mol. The smallest absolute Gasteiger partial charge is 0.254 e. The number of carbonyl (C=O) groups excluding carboxylic acids is 1. The van der Waals surface area contributed by atoms with Crippen LogP contribution in [0.5, 0.6) is 0 Å². The van der Waals surface area contributed by atoms with Gasteiger partial charge in [0.2, 0.25) is 5.95 Å². The molecule has 0 unspecified atom stereocenters. The van der Waals surface area contributed by atoms with Gasteiger partial charge >= 0.3 is 0 Å². The molecular formula is C16H27N5O. The second-order valence-corrected chi connectivity index (χ2v) is 6.19.